The molecule has 0 saturated carbocycles. The molecule has 0 saturated heterocycles. The lowest BCUT2D eigenvalue weighted by atomic mass is 10.2. The number of nitrogen functional groups attached to an aromatic ring is 1. The predicted molar refractivity (Wildman–Crippen MR) is 56.9 cm³/mol. The van der Waals surface area contributed by atoms with E-state index in [2.05, 4.69) is 12.2 Å². The van der Waals surface area contributed by atoms with Gasteiger partial charge in [-0.15, -0.1) is 11.3 Å². The van der Waals surface area contributed by atoms with Crippen LogP contribution in [-0.4, -0.2) is 5.91 Å². The topological polar surface area (TPSA) is 55.1 Å². The van der Waals surface area contributed by atoms with E-state index in [0.717, 1.165) is 18.5 Å². The van der Waals surface area contributed by atoms with E-state index in [1.807, 2.05) is 10.8 Å². The highest BCUT2D eigenvalue weighted by molar-refractivity contribution is 7.08. The largest absolute Gasteiger partial charge is 0.396 e. The van der Waals surface area contributed by atoms with Crippen molar-refractivity contribution in [2.24, 2.45) is 0 Å². The molecule has 0 unspecified atom stereocenters. The van der Waals surface area contributed by atoms with Gasteiger partial charge >= 0.3 is 0 Å². The highest BCUT2D eigenvalue weighted by Gasteiger charge is 2.04. The molecule has 0 aliphatic carbocycles. The van der Waals surface area contributed by atoms with Crippen molar-refractivity contribution in [3.8, 4) is 0 Å². The number of hydrogen-bond donors (Lipinski definition) is 2. The van der Waals surface area contributed by atoms with Crippen molar-refractivity contribution in [2.45, 2.75) is 26.2 Å². The summed E-state index contributed by atoms with van der Waals surface area (Å²) in [5, 5.41) is 6.43. The molecule has 0 bridgehead atoms. The van der Waals surface area contributed by atoms with Gasteiger partial charge in [-0.2, -0.15) is 0 Å². The minimum Gasteiger partial charge on any atom is -0.396 e. The first-order valence-electron chi connectivity index (χ1n) is 4.35. The zero-order valence-corrected chi connectivity index (χ0v) is 8.49. The standard InChI is InChI=1S/C9H14N2OS/c1-2-3-4-9(12)11-8-6-13-5-7(8)10/h5-6H,2-4,10H2,1H3,(H,11,12). The van der Waals surface area contributed by atoms with Gasteiger partial charge in [0.25, 0.3) is 0 Å². The lowest BCUT2D eigenvalue weighted by Gasteiger charge is -2.02. The van der Waals surface area contributed by atoms with Crippen molar-refractivity contribution in [3.05, 3.63) is 10.8 Å². The molecule has 13 heavy (non-hydrogen) atoms. The summed E-state index contributed by atoms with van der Waals surface area (Å²) in [4.78, 5) is 11.3. The molecule has 1 heterocycles. The molecule has 0 spiro atoms. The highest BCUT2D eigenvalue weighted by atomic mass is 32.1. The summed E-state index contributed by atoms with van der Waals surface area (Å²) < 4.78 is 0. The number of anilines is 2. The van der Waals surface area contributed by atoms with Gasteiger partial charge in [-0.3, -0.25) is 4.79 Å². The normalized spacial score (nSPS) is 9.92. The quantitative estimate of drug-likeness (QED) is 0.780. The maximum Gasteiger partial charge on any atom is 0.224 e. The second-order valence-electron chi connectivity index (χ2n) is 2.89. The molecule has 3 nitrogen and oxygen atoms in total. The monoisotopic (exact) mass is 198 g/mol. The molecule has 0 fully saturated rings. The van der Waals surface area contributed by atoms with Crippen LogP contribution in [0.1, 0.15) is 26.2 Å². The first-order chi connectivity index (χ1) is 6.24. The fourth-order valence-corrected chi connectivity index (χ4v) is 1.63. The third-order valence-corrected chi connectivity index (χ3v) is 2.49. The molecule has 1 aromatic rings. The van der Waals surface area contributed by atoms with Crippen LogP contribution in [0.4, 0.5) is 11.4 Å². The Morgan fingerprint density at radius 2 is 2.38 bits per heavy atom. The van der Waals surface area contributed by atoms with Gasteiger partial charge in [0.1, 0.15) is 0 Å². The summed E-state index contributed by atoms with van der Waals surface area (Å²) in [6.45, 7) is 2.06. The van der Waals surface area contributed by atoms with Crippen LogP contribution in [0.25, 0.3) is 0 Å². The van der Waals surface area contributed by atoms with Gasteiger partial charge in [-0.05, 0) is 6.42 Å². The van der Waals surface area contributed by atoms with Gasteiger partial charge in [0, 0.05) is 17.2 Å². The molecule has 4 heteroatoms. The summed E-state index contributed by atoms with van der Waals surface area (Å²) in [5.41, 5.74) is 7.00. The lowest BCUT2D eigenvalue weighted by molar-refractivity contribution is -0.116. The molecule has 0 aliphatic heterocycles. The van der Waals surface area contributed by atoms with E-state index in [4.69, 9.17) is 5.73 Å². The van der Waals surface area contributed by atoms with E-state index in [1.165, 1.54) is 11.3 Å². The van der Waals surface area contributed by atoms with Crippen LogP contribution in [-0.2, 0) is 4.79 Å². The summed E-state index contributed by atoms with van der Waals surface area (Å²) >= 11 is 1.49. The van der Waals surface area contributed by atoms with Crippen molar-refractivity contribution >= 4 is 28.6 Å². The average Bonchev–Trinajstić information content (AvgIpc) is 2.48. The second kappa shape index (κ2) is 4.87. The molecule has 0 atom stereocenters. The van der Waals surface area contributed by atoms with Gasteiger partial charge in [0.15, 0.2) is 0 Å². The second-order valence-corrected chi connectivity index (χ2v) is 3.64. The highest BCUT2D eigenvalue weighted by Crippen LogP contribution is 2.22. The number of nitrogens with one attached hydrogen (secondary N) is 1. The minimum absolute atomic E-state index is 0.0481. The molecule has 0 radical (unpaired) electrons. The smallest absolute Gasteiger partial charge is 0.224 e. The Balaban J connectivity index is 2.41. The molecular formula is C9H14N2OS. The Morgan fingerprint density at radius 1 is 1.62 bits per heavy atom. The van der Waals surface area contributed by atoms with Crippen LogP contribution in [0, 0.1) is 0 Å². The Bertz CT molecular complexity index is 283. The summed E-state index contributed by atoms with van der Waals surface area (Å²) in [5.74, 6) is 0.0481. The molecule has 1 aromatic heterocycles. The number of amides is 1. The van der Waals surface area contributed by atoms with E-state index in [0.29, 0.717) is 12.1 Å². The zero-order chi connectivity index (χ0) is 9.68. The maximum atomic E-state index is 11.3. The molecule has 1 rings (SSSR count). The van der Waals surface area contributed by atoms with Gasteiger partial charge in [0.05, 0.1) is 11.4 Å². The molecular weight excluding hydrogens is 184 g/mol. The molecule has 3 N–H and O–H groups in total. The zero-order valence-electron chi connectivity index (χ0n) is 7.67. The van der Waals surface area contributed by atoms with Crippen molar-refractivity contribution in [1.29, 1.82) is 0 Å². The van der Waals surface area contributed by atoms with Gasteiger partial charge in [-0.1, -0.05) is 13.3 Å². The van der Waals surface area contributed by atoms with Crippen LogP contribution in [0.15, 0.2) is 10.8 Å². The van der Waals surface area contributed by atoms with Crippen molar-refractivity contribution in [1.82, 2.24) is 0 Å². The van der Waals surface area contributed by atoms with Crippen LogP contribution in [0.2, 0.25) is 0 Å². The first-order valence-corrected chi connectivity index (χ1v) is 5.30. The fourth-order valence-electron chi connectivity index (χ4n) is 0.959. The number of carbonyl (C=O) groups excluding carboxylic acids is 1. The Morgan fingerprint density at radius 3 is 2.92 bits per heavy atom. The van der Waals surface area contributed by atoms with E-state index < -0.39 is 0 Å². The fraction of sp³-hybridized carbons (Fsp3) is 0.444. The third kappa shape index (κ3) is 3.06. The van der Waals surface area contributed by atoms with Crippen LogP contribution >= 0.6 is 11.3 Å². The number of thiophene rings is 1. The first kappa shape index (κ1) is 10.1. The van der Waals surface area contributed by atoms with Gasteiger partial charge < -0.3 is 11.1 Å². The molecule has 72 valence electrons. The summed E-state index contributed by atoms with van der Waals surface area (Å²) in [6.07, 6.45) is 2.54. The number of rotatable bonds is 4. The van der Waals surface area contributed by atoms with Crippen LogP contribution in [0.3, 0.4) is 0 Å². The summed E-state index contributed by atoms with van der Waals surface area (Å²) in [6, 6.07) is 0. The molecule has 0 aliphatic rings. The van der Waals surface area contributed by atoms with Crippen LogP contribution < -0.4 is 11.1 Å². The van der Waals surface area contributed by atoms with Gasteiger partial charge in [-0.25, -0.2) is 0 Å². The Kier molecular flexibility index (Phi) is 3.76. The van der Waals surface area contributed by atoms with Crippen molar-refractivity contribution in [2.75, 3.05) is 11.1 Å². The number of nitrogens with two attached hydrogens (primary N) is 1. The van der Waals surface area contributed by atoms with Gasteiger partial charge in [0.2, 0.25) is 5.91 Å². The maximum absolute atomic E-state index is 11.3. The number of carbonyl (C=O) groups is 1. The van der Waals surface area contributed by atoms with E-state index >= 15 is 0 Å². The Labute approximate surface area is 81.9 Å². The van der Waals surface area contributed by atoms with Crippen molar-refractivity contribution in [3.63, 3.8) is 0 Å². The van der Waals surface area contributed by atoms with E-state index in [1.54, 1.807) is 0 Å². The lowest BCUT2D eigenvalue weighted by Crippen LogP contribution is -2.11. The predicted octanol–water partition coefficient (Wildman–Crippen LogP) is 2.46. The number of unbranched alkanes of at least 4 members (excludes halogenated alkanes) is 1. The third-order valence-electron chi connectivity index (χ3n) is 1.72. The Hall–Kier alpha value is -1.03. The SMILES string of the molecule is CCCCC(=O)Nc1cscc1N. The van der Waals surface area contributed by atoms with Crippen molar-refractivity contribution < 1.29 is 4.79 Å². The minimum atomic E-state index is 0.0481. The van der Waals surface area contributed by atoms with E-state index in [-0.39, 0.29) is 5.91 Å². The summed E-state index contributed by atoms with van der Waals surface area (Å²) in [7, 11) is 0. The van der Waals surface area contributed by atoms with Crippen LogP contribution in [0.5, 0.6) is 0 Å². The molecule has 0 aromatic carbocycles. The molecule has 1 amide bonds. The average molecular weight is 198 g/mol. The number of hydrogen-bond acceptors (Lipinski definition) is 3. The van der Waals surface area contributed by atoms with E-state index in [9.17, 15) is 4.79 Å².